The second kappa shape index (κ2) is 11.3. The number of hydrogen-bond acceptors (Lipinski definition) is 0. The second-order valence-electron chi connectivity index (χ2n) is 2.96. The number of unbranched alkanes of at least 4 members (excludes halogenated alkanes) is 5. The molecule has 0 spiro atoms. The van der Waals surface area contributed by atoms with Gasteiger partial charge in [0.1, 0.15) is 0 Å². The van der Waals surface area contributed by atoms with Crippen LogP contribution in [0.5, 0.6) is 0 Å². The van der Waals surface area contributed by atoms with E-state index in [9.17, 15) is 0 Å². The summed E-state index contributed by atoms with van der Waals surface area (Å²) in [6, 6.07) is 0. The number of hydrogen-bond donors (Lipinski definition) is 0. The van der Waals surface area contributed by atoms with E-state index in [1.807, 2.05) is 0 Å². The maximum absolute atomic E-state index is 3.23. The topological polar surface area (TPSA) is 0 Å². The summed E-state index contributed by atoms with van der Waals surface area (Å²) in [5.41, 5.74) is 0. The van der Waals surface area contributed by atoms with Gasteiger partial charge in [-0.3, -0.25) is 0 Å². The van der Waals surface area contributed by atoms with E-state index in [0.717, 1.165) is 12.8 Å². The van der Waals surface area contributed by atoms with Gasteiger partial charge in [0.25, 0.3) is 0 Å². The van der Waals surface area contributed by atoms with Gasteiger partial charge in [-0.05, 0) is 12.8 Å². The van der Waals surface area contributed by atoms with E-state index in [1.165, 1.54) is 36.5 Å². The first-order valence-electron chi connectivity index (χ1n) is 4.93. The average molecular weight is 278 g/mol. The molecule has 0 nitrogen and oxygen atoms in total. The number of alkyl halides is 1. The predicted molar refractivity (Wildman–Crippen MR) is 64.7 cm³/mol. The van der Waals surface area contributed by atoms with E-state index in [0.29, 0.717) is 0 Å². The van der Waals surface area contributed by atoms with Crippen molar-refractivity contribution in [3.8, 4) is 11.8 Å². The summed E-state index contributed by atoms with van der Waals surface area (Å²) in [6.45, 7) is 2.24. The van der Waals surface area contributed by atoms with Crippen molar-refractivity contribution < 1.29 is 0 Å². The second-order valence-corrected chi connectivity index (χ2v) is 4.04. The highest BCUT2D eigenvalue weighted by molar-refractivity contribution is 14.1. The van der Waals surface area contributed by atoms with Gasteiger partial charge < -0.3 is 0 Å². The molecule has 0 aromatic heterocycles. The maximum Gasteiger partial charge on any atom is 0.00959 e. The zero-order valence-electron chi connectivity index (χ0n) is 8.03. The van der Waals surface area contributed by atoms with Crippen molar-refractivity contribution in [3.63, 3.8) is 0 Å². The Kier molecular flexibility index (Phi) is 11.6. The van der Waals surface area contributed by atoms with E-state index in [4.69, 9.17) is 0 Å². The lowest BCUT2D eigenvalue weighted by atomic mass is 10.1. The van der Waals surface area contributed by atoms with Crippen LogP contribution in [0.4, 0.5) is 0 Å². The Hall–Kier alpha value is 0.290. The smallest absolute Gasteiger partial charge is 0.00959 e. The first kappa shape index (κ1) is 12.3. The van der Waals surface area contributed by atoms with E-state index in [1.54, 1.807) is 0 Å². The first-order chi connectivity index (χ1) is 5.91. The molecule has 0 fully saturated rings. The van der Waals surface area contributed by atoms with Gasteiger partial charge in [0.15, 0.2) is 0 Å². The third-order valence-electron chi connectivity index (χ3n) is 1.72. The predicted octanol–water partition coefficient (Wildman–Crippen LogP) is 4.18. The van der Waals surface area contributed by atoms with Gasteiger partial charge >= 0.3 is 0 Å². The van der Waals surface area contributed by atoms with Crippen LogP contribution in [0.15, 0.2) is 0 Å². The molecule has 0 aliphatic rings. The summed E-state index contributed by atoms with van der Waals surface area (Å²) in [4.78, 5) is 0. The molecule has 0 aromatic rings. The minimum Gasteiger partial charge on any atom is -0.103 e. The zero-order valence-corrected chi connectivity index (χ0v) is 10.2. The van der Waals surface area contributed by atoms with Crippen LogP contribution in [-0.4, -0.2) is 4.43 Å². The number of rotatable bonds is 6. The Balaban J connectivity index is 2.99. The van der Waals surface area contributed by atoms with Crippen LogP contribution in [-0.2, 0) is 0 Å². The zero-order chi connectivity index (χ0) is 9.07. The molecule has 0 aliphatic heterocycles. The Morgan fingerprint density at radius 2 is 1.58 bits per heavy atom. The Labute approximate surface area is 90.6 Å². The van der Waals surface area contributed by atoms with Crippen molar-refractivity contribution in [2.75, 3.05) is 4.43 Å². The van der Waals surface area contributed by atoms with Crippen LogP contribution in [0.2, 0.25) is 0 Å². The summed E-state index contributed by atoms with van der Waals surface area (Å²) >= 11 is 2.40. The lowest BCUT2D eigenvalue weighted by Crippen LogP contribution is -1.75. The lowest BCUT2D eigenvalue weighted by molar-refractivity contribution is 0.679. The number of halogens is 1. The molecule has 0 radical (unpaired) electrons. The van der Waals surface area contributed by atoms with E-state index in [2.05, 4.69) is 41.4 Å². The molecular weight excluding hydrogens is 259 g/mol. The first-order valence-corrected chi connectivity index (χ1v) is 6.46. The van der Waals surface area contributed by atoms with Crippen LogP contribution in [0.25, 0.3) is 0 Å². The van der Waals surface area contributed by atoms with Crippen molar-refractivity contribution in [2.45, 2.75) is 51.9 Å². The Morgan fingerprint density at radius 1 is 0.917 bits per heavy atom. The fourth-order valence-electron chi connectivity index (χ4n) is 0.972. The quantitative estimate of drug-likeness (QED) is 0.296. The Morgan fingerprint density at radius 3 is 2.17 bits per heavy atom. The highest BCUT2D eigenvalue weighted by Gasteiger charge is 1.83. The van der Waals surface area contributed by atoms with Gasteiger partial charge in [0, 0.05) is 17.3 Å². The van der Waals surface area contributed by atoms with Gasteiger partial charge in [-0.15, -0.1) is 11.8 Å². The van der Waals surface area contributed by atoms with Gasteiger partial charge in [-0.1, -0.05) is 48.8 Å². The standard InChI is InChI=1S/C11H19I/c1-2-3-4-5-6-7-8-9-10-11-12/h2-6,9-11H2,1H3. The highest BCUT2D eigenvalue weighted by Crippen LogP contribution is 2.01. The summed E-state index contributed by atoms with van der Waals surface area (Å²) in [6.07, 6.45) is 8.81. The summed E-state index contributed by atoms with van der Waals surface area (Å²) in [7, 11) is 0. The fourth-order valence-corrected chi connectivity index (χ4v) is 1.35. The van der Waals surface area contributed by atoms with E-state index >= 15 is 0 Å². The summed E-state index contributed by atoms with van der Waals surface area (Å²) < 4.78 is 1.24. The molecule has 0 saturated carbocycles. The van der Waals surface area contributed by atoms with Crippen molar-refractivity contribution >= 4 is 22.6 Å². The normalized spacial score (nSPS) is 9.17. The molecule has 0 atom stereocenters. The molecule has 0 amide bonds. The average Bonchev–Trinajstić information content (AvgIpc) is 2.10. The molecule has 0 aromatic carbocycles. The third-order valence-corrected chi connectivity index (χ3v) is 2.48. The van der Waals surface area contributed by atoms with Gasteiger partial charge in [0.05, 0.1) is 0 Å². The Bertz CT molecular complexity index is 130. The van der Waals surface area contributed by atoms with Gasteiger partial charge in [-0.25, -0.2) is 0 Å². The lowest BCUT2D eigenvalue weighted by Gasteiger charge is -1.91. The van der Waals surface area contributed by atoms with E-state index in [-0.39, 0.29) is 0 Å². The molecule has 0 rings (SSSR count). The van der Waals surface area contributed by atoms with E-state index < -0.39 is 0 Å². The molecule has 0 aliphatic carbocycles. The third kappa shape index (κ3) is 10.3. The molecule has 0 bridgehead atoms. The molecule has 12 heavy (non-hydrogen) atoms. The highest BCUT2D eigenvalue weighted by atomic mass is 127. The summed E-state index contributed by atoms with van der Waals surface area (Å²) in [5, 5.41) is 0. The summed E-state index contributed by atoms with van der Waals surface area (Å²) in [5.74, 6) is 6.43. The molecule has 0 saturated heterocycles. The van der Waals surface area contributed by atoms with Crippen LogP contribution in [0.1, 0.15) is 51.9 Å². The minimum absolute atomic E-state index is 1.09. The van der Waals surface area contributed by atoms with Crippen LogP contribution in [0, 0.1) is 11.8 Å². The van der Waals surface area contributed by atoms with Crippen molar-refractivity contribution in [1.82, 2.24) is 0 Å². The van der Waals surface area contributed by atoms with Crippen LogP contribution < -0.4 is 0 Å². The van der Waals surface area contributed by atoms with Crippen molar-refractivity contribution in [2.24, 2.45) is 0 Å². The fraction of sp³-hybridized carbons (Fsp3) is 0.818. The molecule has 0 heterocycles. The molecule has 70 valence electrons. The van der Waals surface area contributed by atoms with Crippen molar-refractivity contribution in [3.05, 3.63) is 0 Å². The minimum atomic E-state index is 1.09. The molecule has 0 unspecified atom stereocenters. The molecule has 0 N–H and O–H groups in total. The SMILES string of the molecule is CCCCCCC#CCCCI. The molecular formula is C11H19I. The molecule has 1 heteroatoms. The monoisotopic (exact) mass is 278 g/mol. The van der Waals surface area contributed by atoms with Crippen LogP contribution in [0.3, 0.4) is 0 Å². The largest absolute Gasteiger partial charge is 0.103 e. The van der Waals surface area contributed by atoms with Crippen molar-refractivity contribution in [1.29, 1.82) is 0 Å². The van der Waals surface area contributed by atoms with Gasteiger partial charge in [0.2, 0.25) is 0 Å². The van der Waals surface area contributed by atoms with Crippen LogP contribution >= 0.6 is 22.6 Å². The van der Waals surface area contributed by atoms with Gasteiger partial charge in [-0.2, -0.15) is 0 Å². The maximum atomic E-state index is 3.23.